The van der Waals surface area contributed by atoms with Crippen LogP contribution in [0.2, 0.25) is 0 Å². The minimum absolute atomic E-state index is 0.210. The predicted molar refractivity (Wildman–Crippen MR) is 212 cm³/mol. The van der Waals surface area contributed by atoms with E-state index in [4.69, 9.17) is 5.73 Å². The molecule has 0 aliphatic carbocycles. The van der Waals surface area contributed by atoms with Gasteiger partial charge in [-0.15, -0.1) is 0 Å². The molecule has 48 heavy (non-hydrogen) atoms. The Labute approximate surface area is 300 Å². The van der Waals surface area contributed by atoms with Gasteiger partial charge in [0.05, 0.1) is 0 Å². The lowest BCUT2D eigenvalue weighted by molar-refractivity contribution is 0.180. The first-order valence-electron chi connectivity index (χ1n) is 21.7. The Kier molecular flexibility index (Phi) is 26.9. The molecule has 1 heterocycles. The van der Waals surface area contributed by atoms with Crippen molar-refractivity contribution in [3.8, 4) is 0 Å². The Hall–Kier alpha value is -1.51. The van der Waals surface area contributed by atoms with Crippen LogP contribution < -0.4 is 5.73 Å². The number of fused-ring (bicyclic) bond motifs is 1. The smallest absolute Gasteiger partial charge is 0.314 e. The van der Waals surface area contributed by atoms with Crippen molar-refractivity contribution in [1.29, 1.82) is 0 Å². The summed E-state index contributed by atoms with van der Waals surface area (Å²) in [7, 11) is 0. The number of urea groups is 1. The van der Waals surface area contributed by atoms with E-state index < -0.39 is 0 Å². The molecule has 2 amide bonds. The van der Waals surface area contributed by atoms with Gasteiger partial charge < -0.3 is 10.6 Å². The second-order valence-electron chi connectivity index (χ2n) is 15.9. The average Bonchev–Trinajstić information content (AvgIpc) is 3.16. The van der Waals surface area contributed by atoms with Crippen molar-refractivity contribution in [2.24, 2.45) is 17.6 Å². The van der Waals surface area contributed by atoms with Gasteiger partial charge >= 0.3 is 6.03 Å². The molecule has 1 aliphatic heterocycles. The fourth-order valence-corrected chi connectivity index (χ4v) is 8.23. The van der Waals surface area contributed by atoms with Gasteiger partial charge in [0, 0.05) is 13.1 Å². The van der Waals surface area contributed by atoms with Gasteiger partial charge in [0.2, 0.25) is 0 Å². The molecule has 3 heteroatoms. The van der Waals surface area contributed by atoms with Gasteiger partial charge in [-0.2, -0.15) is 0 Å². The highest BCUT2D eigenvalue weighted by atomic mass is 16.2. The molecule has 2 rings (SSSR count). The highest BCUT2D eigenvalue weighted by molar-refractivity contribution is 5.72. The van der Waals surface area contributed by atoms with E-state index >= 15 is 0 Å². The molecular weight excluding hydrogens is 585 g/mol. The predicted octanol–water partition coefficient (Wildman–Crippen LogP) is 14.1. The van der Waals surface area contributed by atoms with E-state index in [0.717, 1.165) is 25.9 Å². The zero-order chi connectivity index (χ0) is 34.3. The highest BCUT2D eigenvalue weighted by Crippen LogP contribution is 2.28. The van der Waals surface area contributed by atoms with Gasteiger partial charge in [-0.05, 0) is 48.6 Å². The number of amides is 2. The third-order valence-corrected chi connectivity index (χ3v) is 11.3. The number of rotatable bonds is 30. The van der Waals surface area contributed by atoms with Crippen LogP contribution in [0, 0.1) is 11.8 Å². The maximum atomic E-state index is 12.6. The van der Waals surface area contributed by atoms with Crippen LogP contribution in [0.4, 0.5) is 4.79 Å². The van der Waals surface area contributed by atoms with E-state index in [-0.39, 0.29) is 6.03 Å². The van der Waals surface area contributed by atoms with Crippen LogP contribution in [0.25, 0.3) is 0 Å². The third-order valence-electron chi connectivity index (χ3n) is 11.3. The molecule has 2 unspecified atom stereocenters. The van der Waals surface area contributed by atoms with E-state index in [1.54, 1.807) is 0 Å². The molecular formula is C45H82N2O. The number of benzene rings is 1. The maximum Gasteiger partial charge on any atom is 0.314 e. The van der Waals surface area contributed by atoms with Gasteiger partial charge in [-0.25, -0.2) is 4.79 Å². The third kappa shape index (κ3) is 22.3. The molecule has 2 N–H and O–H groups in total. The minimum Gasteiger partial charge on any atom is -0.351 e. The zero-order valence-electron chi connectivity index (χ0n) is 32.4. The first kappa shape index (κ1) is 42.7. The molecule has 0 radical (unpaired) electrons. The molecule has 278 valence electrons. The Morgan fingerprint density at radius 2 is 0.771 bits per heavy atom. The molecule has 0 spiro atoms. The Morgan fingerprint density at radius 1 is 0.500 bits per heavy atom. The normalized spacial score (nSPS) is 16.8. The molecule has 0 bridgehead atoms. The lowest BCUT2D eigenvalue weighted by Crippen LogP contribution is -2.42. The Balaban J connectivity index is 1.64. The average molecular weight is 667 g/mol. The quantitative estimate of drug-likeness (QED) is 0.0816. The molecule has 1 aliphatic rings. The van der Waals surface area contributed by atoms with Crippen molar-refractivity contribution < 1.29 is 4.79 Å². The van der Waals surface area contributed by atoms with E-state index in [1.165, 1.54) is 204 Å². The monoisotopic (exact) mass is 667 g/mol. The number of carbonyl (C=O) groups excluding carboxylic acids is 1. The summed E-state index contributed by atoms with van der Waals surface area (Å²) >= 11 is 0. The molecule has 1 aromatic carbocycles. The van der Waals surface area contributed by atoms with E-state index in [0.29, 0.717) is 11.8 Å². The number of carbonyl (C=O) groups is 1. The minimum atomic E-state index is -0.210. The van der Waals surface area contributed by atoms with Crippen LogP contribution in [-0.4, -0.2) is 24.0 Å². The van der Waals surface area contributed by atoms with Crippen molar-refractivity contribution in [3.05, 3.63) is 35.4 Å². The van der Waals surface area contributed by atoms with E-state index in [2.05, 4.69) is 38.1 Å². The van der Waals surface area contributed by atoms with Gasteiger partial charge in [-0.3, -0.25) is 0 Å². The van der Waals surface area contributed by atoms with E-state index in [1.807, 2.05) is 4.90 Å². The van der Waals surface area contributed by atoms with Crippen molar-refractivity contribution in [2.45, 2.75) is 219 Å². The number of primary amides is 1. The summed E-state index contributed by atoms with van der Waals surface area (Å²) in [5.74, 6) is 1.02. The van der Waals surface area contributed by atoms with Gasteiger partial charge in [0.1, 0.15) is 0 Å². The summed E-state index contributed by atoms with van der Waals surface area (Å²) in [5.41, 5.74) is 9.05. The summed E-state index contributed by atoms with van der Waals surface area (Å²) < 4.78 is 0. The fraction of sp³-hybridized carbons (Fsp3) is 0.844. The second kappa shape index (κ2) is 30.3. The molecule has 0 aromatic heterocycles. The standard InChI is InChI=1S/C45H82N2O/c1-3-5-7-9-11-13-15-17-19-21-23-25-27-29-33-41-37-43-35-31-32-36-44(43)38-42(40-47(39-41)45(46)48)34-30-28-26-24-22-20-18-16-14-12-10-8-6-4-2/h31-32,35-36,41-42H,3-30,33-34,37-40H2,1-2H3,(H2,46,48). The zero-order valence-corrected chi connectivity index (χ0v) is 32.4. The maximum absolute atomic E-state index is 12.6. The first-order valence-corrected chi connectivity index (χ1v) is 21.7. The Bertz CT molecular complexity index is 805. The van der Waals surface area contributed by atoms with Crippen LogP contribution in [0.15, 0.2) is 24.3 Å². The van der Waals surface area contributed by atoms with Crippen LogP contribution in [0.1, 0.15) is 218 Å². The second-order valence-corrected chi connectivity index (χ2v) is 15.9. The number of nitrogens with two attached hydrogens (primary N) is 1. The topological polar surface area (TPSA) is 46.3 Å². The number of hydrogen-bond acceptors (Lipinski definition) is 1. The Morgan fingerprint density at radius 3 is 1.04 bits per heavy atom. The summed E-state index contributed by atoms with van der Waals surface area (Å²) in [6.07, 6.45) is 43.7. The van der Waals surface area contributed by atoms with Crippen LogP contribution in [-0.2, 0) is 12.8 Å². The molecule has 2 atom stereocenters. The number of nitrogens with zero attached hydrogens (tertiary/aromatic N) is 1. The van der Waals surface area contributed by atoms with Crippen molar-refractivity contribution in [3.63, 3.8) is 0 Å². The fourth-order valence-electron chi connectivity index (χ4n) is 8.23. The lowest BCUT2D eigenvalue weighted by Gasteiger charge is -2.28. The van der Waals surface area contributed by atoms with Crippen LogP contribution in [0.5, 0.6) is 0 Å². The summed E-state index contributed by atoms with van der Waals surface area (Å²) in [4.78, 5) is 14.7. The van der Waals surface area contributed by atoms with Crippen LogP contribution >= 0.6 is 0 Å². The van der Waals surface area contributed by atoms with Crippen LogP contribution in [0.3, 0.4) is 0 Å². The van der Waals surface area contributed by atoms with Gasteiger partial charge in [0.25, 0.3) is 0 Å². The molecule has 1 aromatic rings. The summed E-state index contributed by atoms with van der Waals surface area (Å²) in [5, 5.41) is 0. The summed E-state index contributed by atoms with van der Waals surface area (Å²) in [6.45, 7) is 6.26. The first-order chi connectivity index (χ1) is 23.6. The van der Waals surface area contributed by atoms with Crippen molar-refractivity contribution >= 4 is 6.03 Å². The number of hydrogen-bond donors (Lipinski definition) is 1. The van der Waals surface area contributed by atoms with Gasteiger partial charge in [-0.1, -0.05) is 218 Å². The van der Waals surface area contributed by atoms with E-state index in [9.17, 15) is 4.79 Å². The number of unbranched alkanes of at least 4 members (excludes halogenated alkanes) is 26. The van der Waals surface area contributed by atoms with Crippen molar-refractivity contribution in [2.75, 3.05) is 13.1 Å². The SMILES string of the molecule is CCCCCCCCCCCCCCCCC1Cc2ccccc2CC(CCCCCCCCCCCCCCCC)CN(C(N)=O)C1. The summed E-state index contributed by atoms with van der Waals surface area (Å²) in [6, 6.07) is 8.94. The molecule has 0 saturated carbocycles. The van der Waals surface area contributed by atoms with Crippen molar-refractivity contribution in [1.82, 2.24) is 4.90 Å². The highest BCUT2D eigenvalue weighted by Gasteiger charge is 2.25. The molecule has 0 saturated heterocycles. The van der Waals surface area contributed by atoms with Gasteiger partial charge in [0.15, 0.2) is 0 Å². The molecule has 0 fully saturated rings. The lowest BCUT2D eigenvalue weighted by atomic mass is 9.88. The largest absolute Gasteiger partial charge is 0.351 e. The molecule has 3 nitrogen and oxygen atoms in total.